The predicted octanol–water partition coefficient (Wildman–Crippen LogP) is 3.64. The highest BCUT2D eigenvalue weighted by Gasteiger charge is 2.27. The first kappa shape index (κ1) is 13.2. The summed E-state index contributed by atoms with van der Waals surface area (Å²) in [5.41, 5.74) is 0. The molecule has 0 aliphatic carbocycles. The van der Waals surface area contributed by atoms with Crippen LogP contribution < -0.4 is 4.52 Å². The molecule has 0 amide bonds. The second-order valence-corrected chi connectivity index (χ2v) is 4.70. The summed E-state index contributed by atoms with van der Waals surface area (Å²) in [5, 5.41) is 0. The van der Waals surface area contributed by atoms with Gasteiger partial charge in [-0.2, -0.15) is 0 Å². The van der Waals surface area contributed by atoms with Crippen LogP contribution in [0.1, 0.15) is 20.3 Å². The highest BCUT2D eigenvalue weighted by atomic mass is 31.2. The molecule has 0 fully saturated rings. The normalized spacial score (nSPS) is 14.4. The first-order chi connectivity index (χ1) is 7.70. The fourth-order valence-electron chi connectivity index (χ4n) is 1.06. The molecule has 1 aromatic rings. The van der Waals surface area contributed by atoms with Gasteiger partial charge in [-0.05, 0) is 25.5 Å². The average molecular weight is 244 g/mol. The van der Waals surface area contributed by atoms with E-state index < -0.39 is 7.82 Å². The van der Waals surface area contributed by atoms with Crippen LogP contribution in [0.15, 0.2) is 30.3 Å². The van der Waals surface area contributed by atoms with Crippen LogP contribution in [0, 0.1) is 0 Å². The van der Waals surface area contributed by atoms with E-state index >= 15 is 0 Å². The lowest BCUT2D eigenvalue weighted by Gasteiger charge is -2.17. The molecule has 0 N–H and O–H groups in total. The standard InChI is InChI=1S/C11H17O4P/c1-3-10-14-16(12,13-4-2)15-11-8-6-5-7-9-11/h5-9H,3-4,10H2,1-2H3. The van der Waals surface area contributed by atoms with Crippen molar-refractivity contribution in [2.45, 2.75) is 20.3 Å². The van der Waals surface area contributed by atoms with Crippen molar-refractivity contribution < 1.29 is 18.1 Å². The number of para-hydroxylation sites is 1. The van der Waals surface area contributed by atoms with Gasteiger partial charge in [0.2, 0.25) is 0 Å². The first-order valence-corrected chi connectivity index (χ1v) is 6.80. The van der Waals surface area contributed by atoms with Gasteiger partial charge in [0.15, 0.2) is 0 Å². The number of phosphoric ester groups is 1. The van der Waals surface area contributed by atoms with Crippen LogP contribution in [0.3, 0.4) is 0 Å². The van der Waals surface area contributed by atoms with Crippen molar-refractivity contribution >= 4 is 7.82 Å². The Morgan fingerprint density at radius 2 is 1.81 bits per heavy atom. The van der Waals surface area contributed by atoms with Gasteiger partial charge in [-0.1, -0.05) is 25.1 Å². The summed E-state index contributed by atoms with van der Waals surface area (Å²) in [7, 11) is -3.46. The Bertz CT molecular complexity index is 339. The van der Waals surface area contributed by atoms with Gasteiger partial charge >= 0.3 is 7.82 Å². The molecule has 1 rings (SSSR count). The van der Waals surface area contributed by atoms with E-state index in [0.717, 1.165) is 6.42 Å². The molecule has 0 aliphatic rings. The monoisotopic (exact) mass is 244 g/mol. The van der Waals surface area contributed by atoms with Gasteiger partial charge in [0.1, 0.15) is 5.75 Å². The molecule has 1 aromatic carbocycles. The summed E-state index contributed by atoms with van der Waals surface area (Å²) in [5.74, 6) is 0.482. The van der Waals surface area contributed by atoms with Gasteiger partial charge in [0.05, 0.1) is 13.2 Å². The van der Waals surface area contributed by atoms with Crippen LogP contribution in [0.5, 0.6) is 5.75 Å². The lowest BCUT2D eigenvalue weighted by Crippen LogP contribution is -2.03. The topological polar surface area (TPSA) is 44.8 Å². The SMILES string of the molecule is CCCOP(=O)(OCC)Oc1ccccc1. The van der Waals surface area contributed by atoms with Crippen molar-refractivity contribution in [2.75, 3.05) is 13.2 Å². The van der Waals surface area contributed by atoms with E-state index in [1.54, 1.807) is 31.2 Å². The minimum Gasteiger partial charge on any atom is -0.404 e. The summed E-state index contributed by atoms with van der Waals surface area (Å²) in [6.07, 6.45) is 0.759. The van der Waals surface area contributed by atoms with Gasteiger partial charge in [-0.15, -0.1) is 0 Å². The van der Waals surface area contributed by atoms with Crippen LogP contribution in [0.25, 0.3) is 0 Å². The van der Waals surface area contributed by atoms with Gasteiger partial charge in [0.25, 0.3) is 0 Å². The van der Waals surface area contributed by atoms with Crippen molar-refractivity contribution in [3.8, 4) is 5.75 Å². The lowest BCUT2D eigenvalue weighted by atomic mass is 10.3. The molecule has 0 aliphatic heterocycles. The Labute approximate surface area is 96.1 Å². The average Bonchev–Trinajstić information content (AvgIpc) is 2.28. The number of hydrogen-bond acceptors (Lipinski definition) is 4. The zero-order valence-corrected chi connectivity index (χ0v) is 10.5. The Balaban J connectivity index is 2.67. The van der Waals surface area contributed by atoms with Crippen LogP contribution in [0.4, 0.5) is 0 Å². The Kier molecular flexibility index (Phi) is 5.53. The van der Waals surface area contributed by atoms with E-state index in [0.29, 0.717) is 12.4 Å². The van der Waals surface area contributed by atoms with E-state index in [4.69, 9.17) is 13.6 Å². The quantitative estimate of drug-likeness (QED) is 0.687. The van der Waals surface area contributed by atoms with E-state index in [9.17, 15) is 4.57 Å². The van der Waals surface area contributed by atoms with Gasteiger partial charge in [0, 0.05) is 0 Å². The largest absolute Gasteiger partial charge is 0.530 e. The molecule has 0 heterocycles. The van der Waals surface area contributed by atoms with E-state index in [2.05, 4.69) is 0 Å². The third-order valence-electron chi connectivity index (χ3n) is 1.70. The Morgan fingerprint density at radius 1 is 1.12 bits per heavy atom. The fraction of sp³-hybridized carbons (Fsp3) is 0.455. The Morgan fingerprint density at radius 3 is 2.38 bits per heavy atom. The highest BCUT2D eigenvalue weighted by molar-refractivity contribution is 7.48. The molecule has 5 heteroatoms. The maximum Gasteiger partial charge on any atom is 0.530 e. The van der Waals surface area contributed by atoms with Crippen molar-refractivity contribution in [1.82, 2.24) is 0 Å². The maximum absolute atomic E-state index is 12.1. The van der Waals surface area contributed by atoms with Crippen LogP contribution in [-0.4, -0.2) is 13.2 Å². The molecule has 1 atom stereocenters. The van der Waals surface area contributed by atoms with Crippen LogP contribution >= 0.6 is 7.82 Å². The van der Waals surface area contributed by atoms with Gasteiger partial charge in [-0.3, -0.25) is 9.05 Å². The zero-order chi connectivity index (χ0) is 11.9. The zero-order valence-electron chi connectivity index (χ0n) is 9.59. The van der Waals surface area contributed by atoms with Crippen LogP contribution in [0.2, 0.25) is 0 Å². The molecular formula is C11H17O4P. The van der Waals surface area contributed by atoms with Crippen molar-refractivity contribution in [1.29, 1.82) is 0 Å². The molecule has 0 saturated heterocycles. The second kappa shape index (κ2) is 6.69. The predicted molar refractivity (Wildman–Crippen MR) is 62.5 cm³/mol. The van der Waals surface area contributed by atoms with Gasteiger partial charge < -0.3 is 4.52 Å². The molecule has 90 valence electrons. The van der Waals surface area contributed by atoms with Crippen molar-refractivity contribution in [2.24, 2.45) is 0 Å². The summed E-state index contributed by atoms with van der Waals surface area (Å²) < 4.78 is 27.5. The van der Waals surface area contributed by atoms with Crippen molar-refractivity contribution in [3.05, 3.63) is 30.3 Å². The molecule has 0 aromatic heterocycles. The number of rotatable bonds is 7. The minimum atomic E-state index is -3.46. The van der Waals surface area contributed by atoms with Gasteiger partial charge in [-0.25, -0.2) is 4.57 Å². The summed E-state index contributed by atoms with van der Waals surface area (Å²) >= 11 is 0. The molecule has 16 heavy (non-hydrogen) atoms. The maximum atomic E-state index is 12.1. The summed E-state index contributed by atoms with van der Waals surface area (Å²) in [4.78, 5) is 0. The number of hydrogen-bond donors (Lipinski definition) is 0. The summed E-state index contributed by atoms with van der Waals surface area (Å²) in [6.45, 7) is 4.31. The lowest BCUT2D eigenvalue weighted by molar-refractivity contribution is 0.161. The Hall–Kier alpha value is -0.830. The van der Waals surface area contributed by atoms with Crippen molar-refractivity contribution in [3.63, 3.8) is 0 Å². The first-order valence-electron chi connectivity index (χ1n) is 5.34. The minimum absolute atomic E-state index is 0.286. The number of benzene rings is 1. The molecule has 1 unspecified atom stereocenters. The molecule has 4 nitrogen and oxygen atoms in total. The fourth-order valence-corrected chi connectivity index (χ4v) is 2.34. The molecule has 0 bridgehead atoms. The van der Waals surface area contributed by atoms with E-state index in [-0.39, 0.29) is 6.61 Å². The molecule has 0 saturated carbocycles. The summed E-state index contributed by atoms with van der Waals surface area (Å²) in [6, 6.07) is 8.87. The molecule has 0 radical (unpaired) electrons. The van der Waals surface area contributed by atoms with E-state index in [1.807, 2.05) is 13.0 Å². The smallest absolute Gasteiger partial charge is 0.404 e. The second-order valence-electron chi connectivity index (χ2n) is 3.10. The highest BCUT2D eigenvalue weighted by Crippen LogP contribution is 2.49. The number of phosphoric acid groups is 1. The van der Waals surface area contributed by atoms with E-state index in [1.165, 1.54) is 0 Å². The van der Waals surface area contributed by atoms with Crippen LogP contribution in [-0.2, 0) is 13.6 Å². The third-order valence-corrected chi connectivity index (χ3v) is 3.21. The molecule has 0 spiro atoms. The third kappa shape index (κ3) is 4.35. The molecular weight excluding hydrogens is 227 g/mol.